The lowest BCUT2D eigenvalue weighted by molar-refractivity contribution is 0.115. The average Bonchev–Trinajstić information content (AvgIpc) is 2.91. The highest BCUT2D eigenvalue weighted by molar-refractivity contribution is 7.89. The summed E-state index contributed by atoms with van der Waals surface area (Å²) in [6.07, 6.45) is 0.583. The molecule has 0 aromatic heterocycles. The smallest absolute Gasteiger partial charge is 0.243 e. The summed E-state index contributed by atoms with van der Waals surface area (Å²) in [5.74, 6) is -0.442. The van der Waals surface area contributed by atoms with Gasteiger partial charge in [0.15, 0.2) is 0 Å². The first-order valence-electron chi connectivity index (χ1n) is 6.42. The highest BCUT2D eigenvalue weighted by Gasteiger charge is 2.33. The van der Waals surface area contributed by atoms with Gasteiger partial charge in [-0.2, -0.15) is 4.31 Å². The van der Waals surface area contributed by atoms with E-state index in [0.29, 0.717) is 19.5 Å². The summed E-state index contributed by atoms with van der Waals surface area (Å²) in [5, 5.41) is 0. The van der Waals surface area contributed by atoms with Gasteiger partial charge in [-0.15, -0.1) is 0 Å². The third-order valence-corrected chi connectivity index (χ3v) is 5.45. The Kier molecular flexibility index (Phi) is 4.43. The van der Waals surface area contributed by atoms with Gasteiger partial charge in [0, 0.05) is 32.3 Å². The van der Waals surface area contributed by atoms with Gasteiger partial charge in [-0.3, -0.25) is 0 Å². The highest BCUT2D eigenvalue weighted by atomic mass is 32.2. The first-order valence-corrected chi connectivity index (χ1v) is 7.86. The minimum absolute atomic E-state index is 0.0310. The number of halogens is 1. The predicted molar refractivity (Wildman–Crippen MR) is 73.2 cm³/mol. The topological polar surface area (TPSA) is 72.6 Å². The van der Waals surface area contributed by atoms with Crippen LogP contribution in [-0.2, 0) is 21.3 Å². The number of aryl methyl sites for hydroxylation is 1. The lowest BCUT2D eigenvalue weighted by Crippen LogP contribution is -2.30. The van der Waals surface area contributed by atoms with Gasteiger partial charge in [-0.1, -0.05) is 0 Å². The number of rotatable bonds is 4. The molecule has 0 bridgehead atoms. The van der Waals surface area contributed by atoms with Crippen molar-refractivity contribution in [2.75, 3.05) is 20.2 Å². The van der Waals surface area contributed by atoms with Crippen LogP contribution in [0.2, 0.25) is 0 Å². The van der Waals surface area contributed by atoms with Crippen molar-refractivity contribution in [3.63, 3.8) is 0 Å². The van der Waals surface area contributed by atoms with Crippen molar-refractivity contribution >= 4 is 10.0 Å². The Hall–Kier alpha value is -1.02. The molecule has 0 saturated carbocycles. The summed E-state index contributed by atoms with van der Waals surface area (Å²) < 4.78 is 45.4. The number of hydrogen-bond donors (Lipinski definition) is 1. The summed E-state index contributed by atoms with van der Waals surface area (Å²) in [6, 6.07) is 2.67. The van der Waals surface area contributed by atoms with Gasteiger partial charge in [-0.05, 0) is 31.0 Å². The van der Waals surface area contributed by atoms with Crippen molar-refractivity contribution in [3.05, 3.63) is 29.1 Å². The Labute approximate surface area is 118 Å². The van der Waals surface area contributed by atoms with Crippen molar-refractivity contribution in [2.45, 2.75) is 30.9 Å². The number of hydrogen-bond acceptors (Lipinski definition) is 4. The second-order valence-electron chi connectivity index (χ2n) is 4.93. The highest BCUT2D eigenvalue weighted by Crippen LogP contribution is 2.25. The van der Waals surface area contributed by atoms with Crippen LogP contribution in [0.4, 0.5) is 4.39 Å². The van der Waals surface area contributed by atoms with Crippen LogP contribution in [0.15, 0.2) is 17.0 Å². The molecule has 112 valence electrons. The van der Waals surface area contributed by atoms with E-state index in [4.69, 9.17) is 10.5 Å². The van der Waals surface area contributed by atoms with E-state index in [1.54, 1.807) is 7.11 Å². The maximum atomic E-state index is 13.8. The minimum atomic E-state index is -3.62. The molecule has 0 aliphatic carbocycles. The van der Waals surface area contributed by atoms with Gasteiger partial charge < -0.3 is 10.5 Å². The summed E-state index contributed by atoms with van der Waals surface area (Å²) in [4.78, 5) is 0.0913. The van der Waals surface area contributed by atoms with Crippen molar-refractivity contribution < 1.29 is 17.5 Å². The van der Waals surface area contributed by atoms with E-state index in [1.807, 2.05) is 0 Å². The first kappa shape index (κ1) is 15.4. The molecule has 0 spiro atoms. The van der Waals surface area contributed by atoms with E-state index in [9.17, 15) is 12.8 Å². The van der Waals surface area contributed by atoms with Gasteiger partial charge in [0.05, 0.1) is 11.0 Å². The maximum Gasteiger partial charge on any atom is 0.243 e. The first-order chi connectivity index (χ1) is 9.40. The number of benzene rings is 1. The number of methoxy groups -OCH3 is 1. The van der Waals surface area contributed by atoms with Crippen LogP contribution in [0.1, 0.15) is 17.5 Å². The van der Waals surface area contributed by atoms with Crippen molar-refractivity contribution in [3.8, 4) is 0 Å². The zero-order chi connectivity index (χ0) is 14.9. The number of nitrogens with two attached hydrogens (primary N) is 1. The minimum Gasteiger partial charge on any atom is -0.380 e. The van der Waals surface area contributed by atoms with E-state index < -0.39 is 15.8 Å². The van der Waals surface area contributed by atoms with Crippen LogP contribution in [0, 0.1) is 12.7 Å². The van der Waals surface area contributed by atoms with Gasteiger partial charge in [0.25, 0.3) is 0 Å². The predicted octanol–water partition coefficient (Wildman–Crippen LogP) is 1.00. The fourth-order valence-corrected chi connectivity index (χ4v) is 3.98. The van der Waals surface area contributed by atoms with Crippen molar-refractivity contribution in [1.82, 2.24) is 4.31 Å². The van der Waals surface area contributed by atoms with E-state index in [1.165, 1.54) is 23.4 Å². The normalized spacial score (nSPS) is 20.5. The molecule has 1 aromatic carbocycles. The quantitative estimate of drug-likeness (QED) is 0.900. The lowest BCUT2D eigenvalue weighted by Gasteiger charge is -2.17. The van der Waals surface area contributed by atoms with Gasteiger partial charge in [-0.25, -0.2) is 12.8 Å². The number of nitrogens with zero attached hydrogens (tertiary/aromatic N) is 1. The third kappa shape index (κ3) is 2.71. The molecule has 0 radical (unpaired) electrons. The summed E-state index contributed by atoms with van der Waals surface area (Å²) in [6.45, 7) is 2.24. The number of sulfonamides is 1. The van der Waals surface area contributed by atoms with Gasteiger partial charge >= 0.3 is 0 Å². The van der Waals surface area contributed by atoms with E-state index >= 15 is 0 Å². The molecule has 1 unspecified atom stereocenters. The van der Waals surface area contributed by atoms with E-state index in [-0.39, 0.29) is 28.7 Å². The van der Waals surface area contributed by atoms with Crippen LogP contribution in [0.3, 0.4) is 0 Å². The van der Waals surface area contributed by atoms with Crippen molar-refractivity contribution in [1.29, 1.82) is 0 Å². The second-order valence-corrected chi connectivity index (χ2v) is 6.86. The molecule has 2 N–H and O–H groups in total. The fraction of sp³-hybridized carbons (Fsp3) is 0.538. The Morgan fingerprint density at radius 2 is 2.20 bits per heavy atom. The van der Waals surface area contributed by atoms with Crippen LogP contribution >= 0.6 is 0 Å². The van der Waals surface area contributed by atoms with Crippen LogP contribution in [-0.4, -0.2) is 39.0 Å². The Morgan fingerprint density at radius 3 is 2.75 bits per heavy atom. The van der Waals surface area contributed by atoms with E-state index in [0.717, 1.165) is 0 Å². The van der Waals surface area contributed by atoms with Crippen molar-refractivity contribution in [2.24, 2.45) is 5.73 Å². The standard InChI is InChI=1S/C13H19FN2O3S/c1-9-5-12(6-10(7-15)13(9)14)20(17,18)16-4-3-11(8-16)19-2/h5-6,11H,3-4,7-8,15H2,1-2H3. The summed E-state index contributed by atoms with van der Waals surface area (Å²) >= 11 is 0. The molecule has 1 atom stereocenters. The monoisotopic (exact) mass is 302 g/mol. The third-order valence-electron chi connectivity index (χ3n) is 3.60. The molecule has 0 amide bonds. The average molecular weight is 302 g/mol. The largest absolute Gasteiger partial charge is 0.380 e. The zero-order valence-corrected chi connectivity index (χ0v) is 12.4. The molecule has 1 fully saturated rings. The summed E-state index contributed by atoms with van der Waals surface area (Å²) in [7, 11) is -2.06. The number of ether oxygens (including phenoxy) is 1. The molecular weight excluding hydrogens is 283 g/mol. The lowest BCUT2D eigenvalue weighted by atomic mass is 10.1. The molecule has 20 heavy (non-hydrogen) atoms. The molecule has 7 heteroatoms. The second kappa shape index (κ2) is 5.77. The fourth-order valence-electron chi connectivity index (χ4n) is 2.36. The Bertz CT molecular complexity index is 604. The van der Waals surface area contributed by atoms with Gasteiger partial charge in [0.2, 0.25) is 10.0 Å². The molecule has 1 aliphatic heterocycles. The van der Waals surface area contributed by atoms with Crippen LogP contribution in [0.25, 0.3) is 0 Å². The maximum absolute atomic E-state index is 13.8. The molecule has 2 rings (SSSR count). The van der Waals surface area contributed by atoms with Gasteiger partial charge in [0.1, 0.15) is 5.82 Å². The Balaban J connectivity index is 2.38. The summed E-state index contributed by atoms with van der Waals surface area (Å²) in [5.41, 5.74) is 5.96. The zero-order valence-electron chi connectivity index (χ0n) is 11.6. The molecular formula is C13H19FN2O3S. The van der Waals surface area contributed by atoms with E-state index in [2.05, 4.69) is 0 Å². The Morgan fingerprint density at radius 1 is 1.50 bits per heavy atom. The molecule has 1 saturated heterocycles. The van der Waals surface area contributed by atoms with Crippen LogP contribution < -0.4 is 5.73 Å². The molecule has 1 aromatic rings. The SMILES string of the molecule is COC1CCN(S(=O)(=O)c2cc(C)c(F)c(CN)c2)C1. The van der Waals surface area contributed by atoms with Crippen LogP contribution in [0.5, 0.6) is 0 Å². The molecule has 1 aliphatic rings. The molecule has 5 nitrogen and oxygen atoms in total. The molecule has 1 heterocycles.